The smallest absolute Gasteiger partial charge is 0.188 e. The van der Waals surface area contributed by atoms with Crippen molar-refractivity contribution in [1.82, 2.24) is 5.32 Å². The molecule has 0 aliphatic carbocycles. The number of guanidine groups is 1. The standard InChI is InChI=1S/C11H17N3O/c1-9-3-5-10(6-4-9)15-8-7-14-11(12)13-2/h3-6H,7-8H2,1-2H3,(H3,12,13,14). The van der Waals surface area contributed by atoms with Crippen LogP contribution in [0, 0.1) is 6.92 Å². The molecule has 4 heteroatoms. The van der Waals surface area contributed by atoms with E-state index in [1.165, 1.54) is 5.56 Å². The van der Waals surface area contributed by atoms with Crippen molar-refractivity contribution in [2.45, 2.75) is 6.92 Å². The van der Waals surface area contributed by atoms with E-state index < -0.39 is 0 Å². The van der Waals surface area contributed by atoms with Crippen molar-refractivity contribution in [3.8, 4) is 5.75 Å². The van der Waals surface area contributed by atoms with Crippen molar-refractivity contribution in [2.24, 2.45) is 10.7 Å². The van der Waals surface area contributed by atoms with Gasteiger partial charge in [-0.3, -0.25) is 4.99 Å². The zero-order valence-electron chi connectivity index (χ0n) is 9.16. The first-order valence-corrected chi connectivity index (χ1v) is 4.88. The maximum absolute atomic E-state index is 5.48. The van der Waals surface area contributed by atoms with Gasteiger partial charge in [0.25, 0.3) is 0 Å². The fraction of sp³-hybridized carbons (Fsp3) is 0.364. The summed E-state index contributed by atoms with van der Waals surface area (Å²) in [7, 11) is 1.64. The van der Waals surface area contributed by atoms with E-state index in [1.54, 1.807) is 7.05 Å². The Hall–Kier alpha value is -1.71. The van der Waals surface area contributed by atoms with Crippen LogP contribution < -0.4 is 15.8 Å². The van der Waals surface area contributed by atoms with Gasteiger partial charge in [0.1, 0.15) is 12.4 Å². The van der Waals surface area contributed by atoms with Gasteiger partial charge in [-0.2, -0.15) is 0 Å². The summed E-state index contributed by atoms with van der Waals surface area (Å²) in [5.74, 6) is 1.30. The molecule has 4 nitrogen and oxygen atoms in total. The minimum Gasteiger partial charge on any atom is -0.492 e. The highest BCUT2D eigenvalue weighted by Crippen LogP contribution is 2.10. The third-order valence-electron chi connectivity index (χ3n) is 1.94. The predicted molar refractivity (Wildman–Crippen MR) is 62.2 cm³/mol. The van der Waals surface area contributed by atoms with Gasteiger partial charge >= 0.3 is 0 Å². The Morgan fingerprint density at radius 2 is 2.07 bits per heavy atom. The molecule has 3 N–H and O–H groups in total. The monoisotopic (exact) mass is 207 g/mol. The molecule has 0 bridgehead atoms. The van der Waals surface area contributed by atoms with Gasteiger partial charge in [0, 0.05) is 7.05 Å². The van der Waals surface area contributed by atoms with Crippen LogP contribution in [-0.2, 0) is 0 Å². The number of nitrogens with one attached hydrogen (secondary N) is 1. The summed E-state index contributed by atoms with van der Waals surface area (Å²) in [5.41, 5.74) is 6.68. The zero-order valence-corrected chi connectivity index (χ0v) is 9.16. The van der Waals surface area contributed by atoms with Gasteiger partial charge in [-0.25, -0.2) is 0 Å². The number of hydrogen-bond donors (Lipinski definition) is 2. The number of aryl methyl sites for hydroxylation is 1. The van der Waals surface area contributed by atoms with Crippen LogP contribution in [0.4, 0.5) is 0 Å². The SMILES string of the molecule is CN=C(N)NCCOc1ccc(C)cc1. The van der Waals surface area contributed by atoms with E-state index in [9.17, 15) is 0 Å². The molecule has 1 aromatic carbocycles. The van der Waals surface area contributed by atoms with Crippen LogP contribution in [0.3, 0.4) is 0 Å². The van der Waals surface area contributed by atoms with Crippen LogP contribution in [0.5, 0.6) is 5.75 Å². The molecule has 0 saturated heterocycles. The van der Waals surface area contributed by atoms with Crippen LogP contribution in [0.15, 0.2) is 29.3 Å². The Morgan fingerprint density at radius 3 is 2.67 bits per heavy atom. The van der Waals surface area contributed by atoms with Gasteiger partial charge < -0.3 is 15.8 Å². The molecular weight excluding hydrogens is 190 g/mol. The van der Waals surface area contributed by atoms with E-state index in [0.717, 1.165) is 5.75 Å². The number of nitrogens with zero attached hydrogens (tertiary/aromatic N) is 1. The van der Waals surface area contributed by atoms with Gasteiger partial charge in [-0.05, 0) is 19.1 Å². The topological polar surface area (TPSA) is 59.6 Å². The van der Waals surface area contributed by atoms with Crippen molar-refractivity contribution in [3.05, 3.63) is 29.8 Å². The molecule has 0 atom stereocenters. The molecule has 0 radical (unpaired) electrons. The van der Waals surface area contributed by atoms with E-state index in [4.69, 9.17) is 10.5 Å². The molecule has 82 valence electrons. The minimum atomic E-state index is 0.433. The average Bonchev–Trinajstić information content (AvgIpc) is 2.26. The summed E-state index contributed by atoms with van der Waals surface area (Å²) < 4.78 is 5.48. The lowest BCUT2D eigenvalue weighted by Gasteiger charge is -2.07. The van der Waals surface area contributed by atoms with Crippen molar-refractivity contribution in [1.29, 1.82) is 0 Å². The normalized spacial score (nSPS) is 11.2. The van der Waals surface area contributed by atoms with Gasteiger partial charge in [-0.15, -0.1) is 0 Å². The van der Waals surface area contributed by atoms with Gasteiger partial charge in [0.15, 0.2) is 5.96 Å². The summed E-state index contributed by atoms with van der Waals surface area (Å²) >= 11 is 0. The maximum Gasteiger partial charge on any atom is 0.188 e. The first kappa shape index (κ1) is 11.4. The highest BCUT2D eigenvalue weighted by atomic mass is 16.5. The van der Waals surface area contributed by atoms with Gasteiger partial charge in [-0.1, -0.05) is 17.7 Å². The second kappa shape index (κ2) is 5.90. The Kier molecular flexibility index (Phi) is 4.47. The van der Waals surface area contributed by atoms with Crippen LogP contribution >= 0.6 is 0 Å². The van der Waals surface area contributed by atoms with Crippen molar-refractivity contribution in [3.63, 3.8) is 0 Å². The predicted octanol–water partition coefficient (Wildman–Crippen LogP) is 0.908. The van der Waals surface area contributed by atoms with Crippen molar-refractivity contribution in [2.75, 3.05) is 20.2 Å². The number of ether oxygens (including phenoxy) is 1. The summed E-state index contributed by atoms with van der Waals surface area (Å²) in [5, 5.41) is 2.92. The second-order valence-corrected chi connectivity index (χ2v) is 3.20. The van der Waals surface area contributed by atoms with Crippen LogP contribution in [0.1, 0.15) is 5.56 Å². The van der Waals surface area contributed by atoms with E-state index in [1.807, 2.05) is 31.2 Å². The quantitative estimate of drug-likeness (QED) is 0.438. The van der Waals surface area contributed by atoms with Crippen LogP contribution in [0.2, 0.25) is 0 Å². The molecule has 0 amide bonds. The highest BCUT2D eigenvalue weighted by Gasteiger charge is 1.93. The number of nitrogens with two attached hydrogens (primary N) is 1. The molecule has 15 heavy (non-hydrogen) atoms. The van der Waals surface area contributed by atoms with Gasteiger partial charge in [0.05, 0.1) is 6.54 Å². The summed E-state index contributed by atoms with van der Waals surface area (Å²) in [4.78, 5) is 3.77. The molecule has 0 saturated carbocycles. The molecular formula is C11H17N3O. The van der Waals surface area contributed by atoms with E-state index >= 15 is 0 Å². The largest absolute Gasteiger partial charge is 0.492 e. The summed E-state index contributed by atoms with van der Waals surface area (Å²) in [6, 6.07) is 7.94. The van der Waals surface area contributed by atoms with Crippen molar-refractivity contribution < 1.29 is 4.74 Å². The number of aliphatic imine (C=N–C) groups is 1. The van der Waals surface area contributed by atoms with E-state index in [0.29, 0.717) is 19.1 Å². The molecule has 0 unspecified atom stereocenters. The number of benzene rings is 1. The number of hydrogen-bond acceptors (Lipinski definition) is 2. The molecule has 1 aromatic rings. The third-order valence-corrected chi connectivity index (χ3v) is 1.94. The van der Waals surface area contributed by atoms with Crippen molar-refractivity contribution >= 4 is 5.96 Å². The highest BCUT2D eigenvalue weighted by molar-refractivity contribution is 5.77. The molecule has 0 spiro atoms. The molecule has 0 aromatic heterocycles. The Morgan fingerprint density at radius 1 is 1.40 bits per heavy atom. The molecule has 0 heterocycles. The Labute approximate surface area is 90.2 Å². The minimum absolute atomic E-state index is 0.433. The second-order valence-electron chi connectivity index (χ2n) is 3.20. The zero-order chi connectivity index (χ0) is 11.1. The third kappa shape index (κ3) is 4.35. The lowest BCUT2D eigenvalue weighted by molar-refractivity contribution is 0.322. The molecule has 0 aliphatic rings. The Balaban J connectivity index is 2.23. The lowest BCUT2D eigenvalue weighted by Crippen LogP contribution is -2.34. The summed E-state index contributed by atoms with van der Waals surface area (Å²) in [6.45, 7) is 3.26. The average molecular weight is 207 g/mol. The van der Waals surface area contributed by atoms with Gasteiger partial charge in [0.2, 0.25) is 0 Å². The molecule has 0 fully saturated rings. The fourth-order valence-corrected chi connectivity index (χ4v) is 1.06. The van der Waals surface area contributed by atoms with Crippen LogP contribution in [-0.4, -0.2) is 26.2 Å². The first-order chi connectivity index (χ1) is 7.22. The number of rotatable bonds is 4. The Bertz CT molecular complexity index is 319. The van der Waals surface area contributed by atoms with E-state index in [2.05, 4.69) is 10.3 Å². The maximum atomic E-state index is 5.48. The summed E-state index contributed by atoms with van der Waals surface area (Å²) in [6.07, 6.45) is 0. The van der Waals surface area contributed by atoms with E-state index in [-0.39, 0.29) is 0 Å². The molecule has 0 aliphatic heterocycles. The lowest BCUT2D eigenvalue weighted by atomic mass is 10.2. The van der Waals surface area contributed by atoms with Crippen LogP contribution in [0.25, 0.3) is 0 Å². The first-order valence-electron chi connectivity index (χ1n) is 4.88. The fourth-order valence-electron chi connectivity index (χ4n) is 1.06. The molecule has 1 rings (SSSR count).